The quantitative estimate of drug-likeness (QED) is 0.911. The van der Waals surface area contributed by atoms with Crippen LogP contribution in [0.4, 0.5) is 0 Å². The molecule has 0 radical (unpaired) electrons. The number of hydrogen-bond donors (Lipinski definition) is 2. The fraction of sp³-hybridized carbons (Fsp3) is 0.294. The molecule has 3 nitrogen and oxygen atoms in total. The monoisotopic (exact) mass is 303 g/mol. The van der Waals surface area contributed by atoms with Crippen molar-refractivity contribution >= 4 is 11.6 Å². The second kappa shape index (κ2) is 6.06. The number of likely N-dealkylation sites (N-methyl/N-ethyl adjacent to an activating group) is 1. The Morgan fingerprint density at radius 2 is 1.86 bits per heavy atom. The Kier molecular flexibility index (Phi) is 4.15. The minimum absolute atomic E-state index is 0.0200. The first-order chi connectivity index (χ1) is 10.2. The van der Waals surface area contributed by atoms with E-state index >= 15 is 0 Å². The first-order valence-corrected chi connectivity index (χ1v) is 7.44. The van der Waals surface area contributed by atoms with Gasteiger partial charge in [0.05, 0.1) is 6.61 Å². The summed E-state index contributed by atoms with van der Waals surface area (Å²) in [5.41, 5.74) is 2.07. The van der Waals surface area contributed by atoms with Gasteiger partial charge in [-0.2, -0.15) is 0 Å². The molecule has 0 unspecified atom stereocenters. The van der Waals surface area contributed by atoms with Crippen LogP contribution in [-0.4, -0.2) is 25.3 Å². The molecule has 3 rings (SSSR count). The number of hydrogen-bond acceptors (Lipinski definition) is 3. The summed E-state index contributed by atoms with van der Waals surface area (Å²) >= 11 is 6.16. The van der Waals surface area contributed by atoms with E-state index in [1.165, 1.54) is 0 Å². The van der Waals surface area contributed by atoms with Gasteiger partial charge in [-0.3, -0.25) is 0 Å². The van der Waals surface area contributed by atoms with E-state index in [4.69, 9.17) is 16.3 Å². The average Bonchev–Trinajstić information content (AvgIpc) is 2.62. The second-order valence-electron chi connectivity index (χ2n) is 5.28. The van der Waals surface area contributed by atoms with Crippen LogP contribution in [0.2, 0.25) is 5.02 Å². The predicted octanol–water partition coefficient (Wildman–Crippen LogP) is 3.52. The van der Waals surface area contributed by atoms with Gasteiger partial charge >= 0.3 is 0 Å². The number of para-hydroxylation sites is 1. The fourth-order valence-electron chi connectivity index (χ4n) is 3.03. The molecule has 1 aliphatic rings. The van der Waals surface area contributed by atoms with Crippen LogP contribution in [0.5, 0.6) is 11.5 Å². The zero-order chi connectivity index (χ0) is 14.8. The van der Waals surface area contributed by atoms with E-state index in [9.17, 15) is 5.11 Å². The normalized spacial score (nSPS) is 20.1. The zero-order valence-electron chi connectivity index (χ0n) is 11.8. The van der Waals surface area contributed by atoms with Crippen molar-refractivity contribution in [3.63, 3.8) is 0 Å². The lowest BCUT2D eigenvalue weighted by atomic mass is 9.82. The van der Waals surface area contributed by atoms with Crippen LogP contribution in [-0.2, 0) is 0 Å². The lowest BCUT2D eigenvalue weighted by molar-refractivity contribution is 0.246. The Labute approximate surface area is 129 Å². The van der Waals surface area contributed by atoms with Crippen LogP contribution < -0.4 is 10.1 Å². The molecule has 0 fully saturated rings. The van der Waals surface area contributed by atoms with Gasteiger partial charge in [-0.1, -0.05) is 29.8 Å². The highest BCUT2D eigenvalue weighted by molar-refractivity contribution is 6.30. The van der Waals surface area contributed by atoms with Gasteiger partial charge in [-0.15, -0.1) is 0 Å². The molecule has 2 aromatic rings. The first kappa shape index (κ1) is 14.4. The molecule has 0 amide bonds. The molecule has 0 aliphatic carbocycles. The van der Waals surface area contributed by atoms with Gasteiger partial charge in [0, 0.05) is 34.5 Å². The molecule has 21 heavy (non-hydrogen) atoms. The van der Waals surface area contributed by atoms with Gasteiger partial charge in [-0.05, 0) is 31.3 Å². The molecule has 1 heterocycles. The van der Waals surface area contributed by atoms with Crippen molar-refractivity contribution in [3.05, 3.63) is 58.6 Å². The van der Waals surface area contributed by atoms with E-state index < -0.39 is 0 Å². The van der Waals surface area contributed by atoms with Gasteiger partial charge in [0.1, 0.15) is 11.5 Å². The number of rotatable bonds is 3. The van der Waals surface area contributed by atoms with Crippen molar-refractivity contribution in [2.75, 3.05) is 20.2 Å². The van der Waals surface area contributed by atoms with Crippen molar-refractivity contribution in [3.8, 4) is 11.5 Å². The predicted molar refractivity (Wildman–Crippen MR) is 84.5 cm³/mol. The first-order valence-electron chi connectivity index (χ1n) is 7.06. The van der Waals surface area contributed by atoms with Gasteiger partial charge in [0.25, 0.3) is 0 Å². The molecule has 4 heteroatoms. The van der Waals surface area contributed by atoms with E-state index in [1.807, 2.05) is 49.5 Å². The SMILES string of the molecule is CNC[C@H]1c2cc(Cl)ccc2Oc2ccccc2[C@@H]1CO. The molecule has 0 aromatic heterocycles. The minimum Gasteiger partial charge on any atom is -0.457 e. The summed E-state index contributed by atoms with van der Waals surface area (Å²) in [6.45, 7) is 0.814. The van der Waals surface area contributed by atoms with Crippen molar-refractivity contribution in [1.82, 2.24) is 5.32 Å². The number of ether oxygens (including phenoxy) is 1. The number of benzene rings is 2. The maximum atomic E-state index is 9.94. The molecule has 2 atom stereocenters. The average molecular weight is 304 g/mol. The Morgan fingerprint density at radius 1 is 1.10 bits per heavy atom. The van der Waals surface area contributed by atoms with Gasteiger partial charge in [0.15, 0.2) is 0 Å². The van der Waals surface area contributed by atoms with Crippen LogP contribution in [0.3, 0.4) is 0 Å². The third-order valence-corrected chi connectivity index (χ3v) is 4.25. The summed E-state index contributed by atoms with van der Waals surface area (Å²) in [5, 5.41) is 13.8. The molecule has 0 spiro atoms. The van der Waals surface area contributed by atoms with Gasteiger partial charge < -0.3 is 15.2 Å². The van der Waals surface area contributed by atoms with E-state index in [-0.39, 0.29) is 18.4 Å². The summed E-state index contributed by atoms with van der Waals surface area (Å²) in [6.07, 6.45) is 0. The third-order valence-electron chi connectivity index (χ3n) is 4.02. The summed E-state index contributed by atoms with van der Waals surface area (Å²) in [6, 6.07) is 13.6. The molecule has 2 N–H and O–H groups in total. The zero-order valence-corrected chi connectivity index (χ0v) is 12.6. The lowest BCUT2D eigenvalue weighted by Crippen LogP contribution is -2.24. The number of aliphatic hydroxyl groups is 1. The smallest absolute Gasteiger partial charge is 0.131 e. The molecular formula is C17H18ClNO2. The molecule has 0 saturated carbocycles. The van der Waals surface area contributed by atoms with E-state index in [0.29, 0.717) is 5.02 Å². The fourth-order valence-corrected chi connectivity index (χ4v) is 3.21. The highest BCUT2D eigenvalue weighted by atomic mass is 35.5. The number of halogens is 1. The standard InChI is InChI=1S/C17H18ClNO2/c1-19-9-14-13-8-11(18)6-7-17(13)21-16-5-3-2-4-12(16)15(14)10-20/h2-8,14-15,19-20H,9-10H2,1H3/t14-,15-/m0/s1. The third kappa shape index (κ3) is 2.64. The van der Waals surface area contributed by atoms with E-state index in [1.54, 1.807) is 0 Å². The van der Waals surface area contributed by atoms with Crippen LogP contribution in [0.25, 0.3) is 0 Å². The topological polar surface area (TPSA) is 41.5 Å². The summed E-state index contributed by atoms with van der Waals surface area (Å²) in [5.74, 6) is 1.70. The van der Waals surface area contributed by atoms with E-state index in [0.717, 1.165) is 29.2 Å². The van der Waals surface area contributed by atoms with Gasteiger partial charge in [-0.25, -0.2) is 0 Å². The highest BCUT2D eigenvalue weighted by Crippen LogP contribution is 2.46. The van der Waals surface area contributed by atoms with Crippen LogP contribution >= 0.6 is 11.6 Å². The molecule has 1 aliphatic heterocycles. The van der Waals surface area contributed by atoms with Crippen molar-refractivity contribution < 1.29 is 9.84 Å². The number of fused-ring (bicyclic) bond motifs is 2. The van der Waals surface area contributed by atoms with Crippen LogP contribution in [0, 0.1) is 0 Å². The molecule has 0 saturated heterocycles. The van der Waals surface area contributed by atoms with Crippen LogP contribution in [0.1, 0.15) is 23.0 Å². The molecule has 2 aromatic carbocycles. The molecule has 0 bridgehead atoms. The summed E-state index contributed by atoms with van der Waals surface area (Å²) in [4.78, 5) is 0. The Bertz CT molecular complexity index is 644. The van der Waals surface area contributed by atoms with Crippen molar-refractivity contribution in [2.24, 2.45) is 0 Å². The lowest BCUT2D eigenvalue weighted by Gasteiger charge is -2.25. The maximum Gasteiger partial charge on any atom is 0.131 e. The van der Waals surface area contributed by atoms with Crippen molar-refractivity contribution in [1.29, 1.82) is 0 Å². The Balaban J connectivity index is 2.19. The molecular weight excluding hydrogens is 286 g/mol. The molecule has 110 valence electrons. The summed E-state index contributed by atoms with van der Waals surface area (Å²) in [7, 11) is 1.91. The number of aliphatic hydroxyl groups excluding tert-OH is 1. The summed E-state index contributed by atoms with van der Waals surface area (Å²) < 4.78 is 6.07. The maximum absolute atomic E-state index is 9.94. The van der Waals surface area contributed by atoms with Crippen molar-refractivity contribution in [2.45, 2.75) is 11.8 Å². The second-order valence-corrected chi connectivity index (χ2v) is 5.71. The van der Waals surface area contributed by atoms with Crippen LogP contribution in [0.15, 0.2) is 42.5 Å². The number of nitrogens with one attached hydrogen (secondary N) is 1. The van der Waals surface area contributed by atoms with Gasteiger partial charge in [0.2, 0.25) is 0 Å². The largest absolute Gasteiger partial charge is 0.457 e. The Morgan fingerprint density at radius 3 is 2.62 bits per heavy atom. The minimum atomic E-state index is -0.0200. The Hall–Kier alpha value is -1.55. The van der Waals surface area contributed by atoms with E-state index in [2.05, 4.69) is 5.32 Å². The highest BCUT2D eigenvalue weighted by Gasteiger charge is 2.31.